The van der Waals surface area contributed by atoms with Crippen molar-refractivity contribution in [3.8, 4) is 0 Å². The molecule has 1 aromatic rings. The van der Waals surface area contributed by atoms with Crippen molar-refractivity contribution in [1.82, 2.24) is 4.90 Å². The van der Waals surface area contributed by atoms with Gasteiger partial charge in [0.2, 0.25) is 0 Å². The highest BCUT2D eigenvalue weighted by Crippen LogP contribution is 2.26. The first-order chi connectivity index (χ1) is 11.1. The summed E-state index contributed by atoms with van der Waals surface area (Å²) in [7, 11) is 0. The van der Waals surface area contributed by atoms with Crippen LogP contribution in [0.1, 0.15) is 25.3 Å². The number of piperidine rings is 1. The van der Waals surface area contributed by atoms with Gasteiger partial charge in [-0.3, -0.25) is 9.69 Å². The van der Waals surface area contributed by atoms with Crippen LogP contribution >= 0.6 is 0 Å². The molecule has 5 heteroatoms. The van der Waals surface area contributed by atoms with Crippen LogP contribution in [0.5, 0.6) is 0 Å². The van der Waals surface area contributed by atoms with Crippen LogP contribution in [0.4, 0.5) is 5.69 Å². The lowest BCUT2D eigenvalue weighted by Gasteiger charge is -2.36. The molecule has 1 aromatic carbocycles. The van der Waals surface area contributed by atoms with Crippen LogP contribution in [0, 0.1) is 5.92 Å². The lowest BCUT2D eigenvalue weighted by atomic mass is 9.96. The van der Waals surface area contributed by atoms with E-state index >= 15 is 0 Å². The third-order valence-electron chi connectivity index (χ3n) is 4.90. The molecule has 0 radical (unpaired) electrons. The van der Waals surface area contributed by atoms with E-state index in [0.29, 0.717) is 0 Å². The van der Waals surface area contributed by atoms with Crippen LogP contribution in [-0.4, -0.2) is 54.9 Å². The monoisotopic (exact) mass is 318 g/mol. The number of carboxylic acid groups (broad SMARTS) is 1. The Labute approximate surface area is 137 Å². The Hall–Kier alpha value is -1.59. The van der Waals surface area contributed by atoms with Crippen LogP contribution in [0.3, 0.4) is 0 Å². The SMILES string of the molecule is CC1CN(c2ccccc2CN2CCC(C(=O)O)CC2)CCO1. The van der Waals surface area contributed by atoms with Gasteiger partial charge < -0.3 is 14.7 Å². The largest absolute Gasteiger partial charge is 0.481 e. The molecule has 0 amide bonds. The smallest absolute Gasteiger partial charge is 0.306 e. The molecule has 1 atom stereocenters. The van der Waals surface area contributed by atoms with E-state index in [1.54, 1.807) is 0 Å². The Bertz CT molecular complexity index is 541. The maximum atomic E-state index is 11.1. The van der Waals surface area contributed by atoms with Gasteiger partial charge in [0, 0.05) is 25.3 Å². The van der Waals surface area contributed by atoms with Gasteiger partial charge in [-0.1, -0.05) is 18.2 Å². The zero-order valence-corrected chi connectivity index (χ0v) is 13.8. The van der Waals surface area contributed by atoms with E-state index in [-0.39, 0.29) is 12.0 Å². The van der Waals surface area contributed by atoms with Crippen molar-refractivity contribution >= 4 is 11.7 Å². The minimum absolute atomic E-state index is 0.165. The molecular weight excluding hydrogens is 292 g/mol. The summed E-state index contributed by atoms with van der Waals surface area (Å²) >= 11 is 0. The van der Waals surface area contributed by atoms with Gasteiger partial charge >= 0.3 is 5.97 Å². The van der Waals surface area contributed by atoms with Crippen LogP contribution in [0.15, 0.2) is 24.3 Å². The average Bonchev–Trinajstić information content (AvgIpc) is 2.56. The van der Waals surface area contributed by atoms with Crippen molar-refractivity contribution in [3.63, 3.8) is 0 Å². The summed E-state index contributed by atoms with van der Waals surface area (Å²) in [6, 6.07) is 8.57. The van der Waals surface area contributed by atoms with Crippen molar-refractivity contribution < 1.29 is 14.6 Å². The Balaban J connectivity index is 1.65. The number of hydrogen-bond donors (Lipinski definition) is 1. The summed E-state index contributed by atoms with van der Waals surface area (Å²) < 4.78 is 5.65. The third-order valence-corrected chi connectivity index (χ3v) is 4.90. The van der Waals surface area contributed by atoms with Gasteiger partial charge in [-0.25, -0.2) is 0 Å². The zero-order chi connectivity index (χ0) is 16.2. The maximum absolute atomic E-state index is 11.1. The van der Waals surface area contributed by atoms with E-state index in [1.165, 1.54) is 11.3 Å². The average molecular weight is 318 g/mol. The highest BCUT2D eigenvalue weighted by atomic mass is 16.5. The van der Waals surface area contributed by atoms with E-state index in [4.69, 9.17) is 9.84 Å². The molecule has 0 aliphatic carbocycles. The van der Waals surface area contributed by atoms with Gasteiger partial charge in [0.25, 0.3) is 0 Å². The summed E-state index contributed by atoms with van der Waals surface area (Å²) in [6.45, 7) is 7.38. The lowest BCUT2D eigenvalue weighted by Crippen LogP contribution is -2.42. The topological polar surface area (TPSA) is 53.0 Å². The molecule has 2 fully saturated rings. The number of carboxylic acids is 1. The second kappa shape index (κ2) is 7.32. The summed E-state index contributed by atoms with van der Waals surface area (Å²) in [4.78, 5) is 15.9. The number of ether oxygens (including phenoxy) is 1. The predicted molar refractivity (Wildman–Crippen MR) is 89.7 cm³/mol. The van der Waals surface area contributed by atoms with Crippen molar-refractivity contribution in [1.29, 1.82) is 0 Å². The fourth-order valence-corrected chi connectivity index (χ4v) is 3.57. The number of benzene rings is 1. The highest BCUT2D eigenvalue weighted by molar-refractivity contribution is 5.70. The van der Waals surface area contributed by atoms with Gasteiger partial charge in [-0.15, -0.1) is 0 Å². The Kier molecular flexibility index (Phi) is 5.18. The Morgan fingerprint density at radius 3 is 2.70 bits per heavy atom. The molecule has 2 heterocycles. The third kappa shape index (κ3) is 4.03. The van der Waals surface area contributed by atoms with E-state index in [0.717, 1.165) is 52.2 Å². The fourth-order valence-electron chi connectivity index (χ4n) is 3.57. The Morgan fingerprint density at radius 2 is 2.00 bits per heavy atom. The molecule has 2 aliphatic rings. The Morgan fingerprint density at radius 1 is 1.26 bits per heavy atom. The molecule has 0 bridgehead atoms. The first kappa shape index (κ1) is 16.3. The molecule has 0 spiro atoms. The first-order valence-corrected chi connectivity index (χ1v) is 8.53. The molecule has 1 unspecified atom stereocenters. The second-order valence-corrected chi connectivity index (χ2v) is 6.64. The first-order valence-electron chi connectivity index (χ1n) is 8.53. The minimum atomic E-state index is -0.646. The number of carbonyl (C=O) groups is 1. The lowest BCUT2D eigenvalue weighted by molar-refractivity contribution is -0.143. The molecule has 126 valence electrons. The van der Waals surface area contributed by atoms with Crippen molar-refractivity contribution in [2.45, 2.75) is 32.4 Å². The van der Waals surface area contributed by atoms with Gasteiger partial charge in [-0.2, -0.15) is 0 Å². The number of rotatable bonds is 4. The van der Waals surface area contributed by atoms with Crippen molar-refractivity contribution in [3.05, 3.63) is 29.8 Å². The number of likely N-dealkylation sites (tertiary alicyclic amines) is 1. The number of hydrogen-bond acceptors (Lipinski definition) is 4. The normalized spacial score (nSPS) is 23.9. The van der Waals surface area contributed by atoms with Gasteiger partial charge in [0.15, 0.2) is 0 Å². The van der Waals surface area contributed by atoms with Crippen LogP contribution in [0.25, 0.3) is 0 Å². The number of morpholine rings is 1. The van der Waals surface area contributed by atoms with Gasteiger partial charge in [0.1, 0.15) is 0 Å². The number of para-hydroxylation sites is 1. The van der Waals surface area contributed by atoms with E-state index in [1.807, 2.05) is 0 Å². The van der Waals surface area contributed by atoms with Crippen molar-refractivity contribution in [2.24, 2.45) is 5.92 Å². The molecule has 2 saturated heterocycles. The second-order valence-electron chi connectivity index (χ2n) is 6.64. The minimum Gasteiger partial charge on any atom is -0.481 e. The molecule has 2 aliphatic heterocycles. The maximum Gasteiger partial charge on any atom is 0.306 e. The molecule has 0 saturated carbocycles. The van der Waals surface area contributed by atoms with Gasteiger partial charge in [-0.05, 0) is 44.5 Å². The molecular formula is C18H26N2O3. The van der Waals surface area contributed by atoms with Crippen molar-refractivity contribution in [2.75, 3.05) is 37.7 Å². The molecule has 5 nitrogen and oxygen atoms in total. The van der Waals surface area contributed by atoms with Crippen LogP contribution in [-0.2, 0) is 16.1 Å². The van der Waals surface area contributed by atoms with E-state index in [2.05, 4.69) is 41.0 Å². The molecule has 1 N–H and O–H groups in total. The summed E-state index contributed by atoms with van der Waals surface area (Å²) in [6.07, 6.45) is 1.78. The fraction of sp³-hybridized carbons (Fsp3) is 0.611. The number of nitrogens with zero attached hydrogens (tertiary/aromatic N) is 2. The molecule has 0 aromatic heterocycles. The molecule has 3 rings (SSSR count). The summed E-state index contributed by atoms with van der Waals surface area (Å²) in [5.41, 5.74) is 2.62. The predicted octanol–water partition coefficient (Wildman–Crippen LogP) is 2.21. The quantitative estimate of drug-likeness (QED) is 0.922. The number of aliphatic carboxylic acids is 1. The molecule has 23 heavy (non-hydrogen) atoms. The summed E-state index contributed by atoms with van der Waals surface area (Å²) in [5.74, 6) is -0.811. The highest BCUT2D eigenvalue weighted by Gasteiger charge is 2.25. The summed E-state index contributed by atoms with van der Waals surface area (Å²) in [5, 5.41) is 9.12. The van der Waals surface area contributed by atoms with Crippen LogP contribution in [0.2, 0.25) is 0 Å². The van der Waals surface area contributed by atoms with Crippen LogP contribution < -0.4 is 4.90 Å². The number of anilines is 1. The van der Waals surface area contributed by atoms with E-state index < -0.39 is 5.97 Å². The van der Waals surface area contributed by atoms with E-state index in [9.17, 15) is 4.79 Å². The standard InChI is InChI=1S/C18H26N2O3/c1-14-12-20(10-11-23-14)17-5-3-2-4-16(17)13-19-8-6-15(7-9-19)18(21)22/h2-5,14-15H,6-13H2,1H3,(H,21,22). The zero-order valence-electron chi connectivity index (χ0n) is 13.8. The van der Waals surface area contributed by atoms with Gasteiger partial charge in [0.05, 0.1) is 18.6 Å².